The maximum Gasteiger partial charge on any atom is 0.225 e. The fourth-order valence-electron chi connectivity index (χ4n) is 1.94. The Morgan fingerprint density at radius 3 is 2.61 bits per heavy atom. The molecule has 1 saturated heterocycles. The fraction of sp³-hybridized carbons (Fsp3) is 0.500. The Labute approximate surface area is 108 Å². The third-order valence-electron chi connectivity index (χ3n) is 3.09. The largest absolute Gasteiger partial charge is 0.379 e. The van der Waals surface area contributed by atoms with Gasteiger partial charge in [-0.05, 0) is 19.1 Å². The lowest BCUT2D eigenvalue weighted by atomic mass is 10.2. The van der Waals surface area contributed by atoms with Crippen LogP contribution in [-0.4, -0.2) is 43.7 Å². The minimum absolute atomic E-state index is 0.0744. The van der Waals surface area contributed by atoms with Gasteiger partial charge in [-0.15, -0.1) is 0 Å². The van der Waals surface area contributed by atoms with Crippen LogP contribution in [0.3, 0.4) is 0 Å². The van der Waals surface area contributed by atoms with E-state index in [-0.39, 0.29) is 5.91 Å². The smallest absolute Gasteiger partial charge is 0.225 e. The van der Waals surface area contributed by atoms with E-state index < -0.39 is 0 Å². The van der Waals surface area contributed by atoms with Crippen molar-refractivity contribution < 1.29 is 9.53 Å². The van der Waals surface area contributed by atoms with Crippen LogP contribution in [-0.2, 0) is 9.53 Å². The third kappa shape index (κ3) is 4.13. The highest BCUT2D eigenvalue weighted by Crippen LogP contribution is 2.09. The van der Waals surface area contributed by atoms with Crippen LogP contribution in [0.25, 0.3) is 0 Å². The first-order valence-electron chi connectivity index (χ1n) is 6.41. The van der Waals surface area contributed by atoms with Crippen molar-refractivity contribution in [2.45, 2.75) is 13.3 Å². The number of morpholine rings is 1. The number of benzene rings is 1. The second-order valence-electron chi connectivity index (χ2n) is 4.62. The minimum Gasteiger partial charge on any atom is -0.379 e. The molecule has 0 atom stereocenters. The van der Waals surface area contributed by atoms with E-state index >= 15 is 0 Å². The van der Waals surface area contributed by atoms with E-state index in [1.165, 1.54) is 5.56 Å². The van der Waals surface area contributed by atoms with Gasteiger partial charge in [0.2, 0.25) is 5.91 Å². The number of amides is 1. The van der Waals surface area contributed by atoms with Gasteiger partial charge in [-0.1, -0.05) is 17.7 Å². The monoisotopic (exact) mass is 248 g/mol. The Bertz CT molecular complexity index is 383. The predicted molar refractivity (Wildman–Crippen MR) is 71.7 cm³/mol. The number of anilines is 1. The number of ether oxygens (including phenoxy) is 1. The lowest BCUT2D eigenvalue weighted by Gasteiger charge is -2.26. The van der Waals surface area contributed by atoms with Crippen LogP contribution in [0.4, 0.5) is 5.69 Å². The molecule has 1 N–H and O–H groups in total. The Morgan fingerprint density at radius 2 is 1.94 bits per heavy atom. The van der Waals surface area contributed by atoms with Crippen LogP contribution in [0.2, 0.25) is 0 Å². The van der Waals surface area contributed by atoms with Crippen LogP contribution < -0.4 is 5.32 Å². The molecule has 1 aliphatic rings. The average molecular weight is 248 g/mol. The van der Waals surface area contributed by atoms with Gasteiger partial charge in [0.1, 0.15) is 0 Å². The summed E-state index contributed by atoms with van der Waals surface area (Å²) < 4.78 is 5.27. The molecular weight excluding hydrogens is 228 g/mol. The first-order chi connectivity index (χ1) is 8.74. The normalized spacial score (nSPS) is 16.5. The number of carbonyl (C=O) groups is 1. The number of carbonyl (C=O) groups excluding carboxylic acids is 1. The number of hydrogen-bond acceptors (Lipinski definition) is 3. The number of aryl methyl sites for hydroxylation is 1. The summed E-state index contributed by atoms with van der Waals surface area (Å²) in [5, 5.41) is 2.91. The Kier molecular flexibility index (Phi) is 4.73. The summed E-state index contributed by atoms with van der Waals surface area (Å²) in [6, 6.07) is 7.86. The standard InChI is InChI=1S/C14H20N2O2/c1-12-2-4-13(5-3-12)15-14(17)6-7-16-8-10-18-11-9-16/h2-5H,6-11H2,1H3,(H,15,17). The number of nitrogens with one attached hydrogen (secondary N) is 1. The molecule has 0 aliphatic carbocycles. The quantitative estimate of drug-likeness (QED) is 0.881. The first-order valence-corrected chi connectivity index (χ1v) is 6.41. The molecule has 0 spiro atoms. The van der Waals surface area contributed by atoms with Gasteiger partial charge < -0.3 is 10.1 Å². The lowest BCUT2D eigenvalue weighted by Crippen LogP contribution is -2.38. The molecule has 0 saturated carbocycles. The van der Waals surface area contributed by atoms with Gasteiger partial charge in [-0.2, -0.15) is 0 Å². The second-order valence-corrected chi connectivity index (χ2v) is 4.62. The minimum atomic E-state index is 0.0744. The highest BCUT2D eigenvalue weighted by molar-refractivity contribution is 5.90. The fourth-order valence-corrected chi connectivity index (χ4v) is 1.94. The molecule has 0 bridgehead atoms. The molecule has 1 aromatic carbocycles. The molecule has 4 heteroatoms. The van der Waals surface area contributed by atoms with Crippen LogP contribution in [0.5, 0.6) is 0 Å². The van der Waals surface area contributed by atoms with Crippen molar-refractivity contribution in [1.29, 1.82) is 0 Å². The van der Waals surface area contributed by atoms with Crippen molar-refractivity contribution in [3.05, 3.63) is 29.8 Å². The molecule has 0 radical (unpaired) electrons. The van der Waals surface area contributed by atoms with Gasteiger partial charge in [-0.3, -0.25) is 9.69 Å². The molecule has 2 rings (SSSR count). The zero-order valence-electron chi connectivity index (χ0n) is 10.8. The van der Waals surface area contributed by atoms with E-state index in [0.717, 1.165) is 38.5 Å². The molecule has 98 valence electrons. The summed E-state index contributed by atoms with van der Waals surface area (Å²) >= 11 is 0. The maximum atomic E-state index is 11.8. The van der Waals surface area contributed by atoms with E-state index in [1.807, 2.05) is 31.2 Å². The molecule has 0 unspecified atom stereocenters. The zero-order valence-corrected chi connectivity index (χ0v) is 10.8. The van der Waals surface area contributed by atoms with Crippen molar-refractivity contribution in [2.75, 3.05) is 38.2 Å². The van der Waals surface area contributed by atoms with E-state index in [1.54, 1.807) is 0 Å². The number of nitrogens with zero attached hydrogens (tertiary/aromatic N) is 1. The molecule has 0 aromatic heterocycles. The third-order valence-corrected chi connectivity index (χ3v) is 3.09. The summed E-state index contributed by atoms with van der Waals surface area (Å²) in [5.41, 5.74) is 2.06. The van der Waals surface area contributed by atoms with Crippen LogP contribution in [0, 0.1) is 6.92 Å². The van der Waals surface area contributed by atoms with Gasteiger partial charge in [0.25, 0.3) is 0 Å². The van der Waals surface area contributed by atoms with Crippen molar-refractivity contribution in [1.82, 2.24) is 4.90 Å². The Balaban J connectivity index is 1.73. The average Bonchev–Trinajstić information content (AvgIpc) is 2.40. The summed E-state index contributed by atoms with van der Waals surface area (Å²) in [7, 11) is 0. The van der Waals surface area contributed by atoms with E-state index in [9.17, 15) is 4.79 Å². The SMILES string of the molecule is Cc1ccc(NC(=O)CCN2CCOCC2)cc1. The van der Waals surface area contributed by atoms with E-state index in [2.05, 4.69) is 10.2 Å². The van der Waals surface area contributed by atoms with Crippen molar-refractivity contribution >= 4 is 11.6 Å². The van der Waals surface area contributed by atoms with Crippen LogP contribution in [0.15, 0.2) is 24.3 Å². The van der Waals surface area contributed by atoms with Crippen molar-refractivity contribution in [3.63, 3.8) is 0 Å². The highest BCUT2D eigenvalue weighted by Gasteiger charge is 2.11. The lowest BCUT2D eigenvalue weighted by molar-refractivity contribution is -0.116. The molecule has 1 aromatic rings. The van der Waals surface area contributed by atoms with Gasteiger partial charge >= 0.3 is 0 Å². The molecular formula is C14H20N2O2. The Hall–Kier alpha value is -1.39. The molecule has 18 heavy (non-hydrogen) atoms. The maximum absolute atomic E-state index is 11.8. The number of hydrogen-bond donors (Lipinski definition) is 1. The van der Waals surface area contributed by atoms with Gasteiger partial charge in [0.15, 0.2) is 0 Å². The zero-order chi connectivity index (χ0) is 12.8. The van der Waals surface area contributed by atoms with E-state index in [0.29, 0.717) is 6.42 Å². The summed E-state index contributed by atoms with van der Waals surface area (Å²) in [6.07, 6.45) is 0.536. The first kappa shape index (κ1) is 13.1. The predicted octanol–water partition coefficient (Wildman–Crippen LogP) is 1.66. The van der Waals surface area contributed by atoms with Gasteiger partial charge in [0.05, 0.1) is 13.2 Å². The second kappa shape index (κ2) is 6.52. The van der Waals surface area contributed by atoms with E-state index in [4.69, 9.17) is 4.74 Å². The van der Waals surface area contributed by atoms with Crippen LogP contribution >= 0.6 is 0 Å². The molecule has 1 heterocycles. The van der Waals surface area contributed by atoms with Crippen LogP contribution in [0.1, 0.15) is 12.0 Å². The molecule has 1 aliphatic heterocycles. The highest BCUT2D eigenvalue weighted by atomic mass is 16.5. The number of rotatable bonds is 4. The van der Waals surface area contributed by atoms with Crippen molar-refractivity contribution in [2.24, 2.45) is 0 Å². The van der Waals surface area contributed by atoms with Crippen molar-refractivity contribution in [3.8, 4) is 0 Å². The summed E-state index contributed by atoms with van der Waals surface area (Å²) in [5.74, 6) is 0.0744. The molecule has 1 amide bonds. The van der Waals surface area contributed by atoms with Gasteiger partial charge in [0, 0.05) is 31.7 Å². The molecule has 1 fully saturated rings. The summed E-state index contributed by atoms with van der Waals surface area (Å²) in [6.45, 7) is 6.25. The van der Waals surface area contributed by atoms with Gasteiger partial charge in [-0.25, -0.2) is 0 Å². The summed E-state index contributed by atoms with van der Waals surface area (Å²) in [4.78, 5) is 14.0. The topological polar surface area (TPSA) is 41.6 Å². The molecule has 4 nitrogen and oxygen atoms in total. The Morgan fingerprint density at radius 1 is 1.28 bits per heavy atom.